The van der Waals surface area contributed by atoms with E-state index in [0.29, 0.717) is 40.7 Å². The zero-order valence-electron chi connectivity index (χ0n) is 16.9. The summed E-state index contributed by atoms with van der Waals surface area (Å²) in [6.45, 7) is 1.76. The topological polar surface area (TPSA) is 102 Å². The number of benzene rings is 2. The number of nitrogens with one attached hydrogen (secondary N) is 2. The Balaban J connectivity index is 1.66. The van der Waals surface area contributed by atoms with Gasteiger partial charge in [-0.15, -0.1) is 10.2 Å². The summed E-state index contributed by atoms with van der Waals surface area (Å²) in [5.74, 6) is 0.861. The first kappa shape index (κ1) is 21.3. The summed E-state index contributed by atoms with van der Waals surface area (Å²) >= 11 is 1.30. The molecule has 0 spiro atoms. The summed E-state index contributed by atoms with van der Waals surface area (Å²) in [6.07, 6.45) is 0.913. The molecular formula is C21H22N4O4S. The van der Waals surface area contributed by atoms with Crippen molar-refractivity contribution >= 4 is 34.0 Å². The van der Waals surface area contributed by atoms with E-state index in [-0.39, 0.29) is 11.8 Å². The molecule has 0 saturated heterocycles. The highest BCUT2D eigenvalue weighted by Crippen LogP contribution is 2.29. The Morgan fingerprint density at radius 2 is 1.80 bits per heavy atom. The summed E-state index contributed by atoms with van der Waals surface area (Å²) < 4.78 is 10.6. The molecule has 9 heteroatoms. The summed E-state index contributed by atoms with van der Waals surface area (Å²) in [5, 5.41) is 14.8. The van der Waals surface area contributed by atoms with E-state index >= 15 is 0 Å². The van der Waals surface area contributed by atoms with E-state index in [1.807, 2.05) is 18.2 Å². The van der Waals surface area contributed by atoms with Crippen molar-refractivity contribution in [3.8, 4) is 11.5 Å². The van der Waals surface area contributed by atoms with Crippen molar-refractivity contribution < 1.29 is 19.1 Å². The molecule has 3 rings (SSSR count). The van der Waals surface area contributed by atoms with E-state index in [0.717, 1.165) is 10.6 Å². The molecule has 3 aromatic rings. The first-order valence-corrected chi connectivity index (χ1v) is 10.1. The van der Waals surface area contributed by atoms with Gasteiger partial charge in [-0.1, -0.05) is 30.4 Å². The first-order valence-electron chi connectivity index (χ1n) is 9.27. The van der Waals surface area contributed by atoms with Crippen LogP contribution in [0.3, 0.4) is 0 Å². The van der Waals surface area contributed by atoms with Gasteiger partial charge in [0.15, 0.2) is 11.5 Å². The highest BCUT2D eigenvalue weighted by molar-refractivity contribution is 7.15. The quantitative estimate of drug-likeness (QED) is 0.569. The zero-order valence-corrected chi connectivity index (χ0v) is 17.7. The Kier molecular flexibility index (Phi) is 6.97. The van der Waals surface area contributed by atoms with Crippen LogP contribution in [0.2, 0.25) is 0 Å². The second kappa shape index (κ2) is 9.84. The van der Waals surface area contributed by atoms with Gasteiger partial charge in [-0.25, -0.2) is 0 Å². The van der Waals surface area contributed by atoms with Crippen LogP contribution in [0.4, 0.5) is 10.8 Å². The third kappa shape index (κ3) is 5.32. The van der Waals surface area contributed by atoms with E-state index < -0.39 is 0 Å². The van der Waals surface area contributed by atoms with Crippen LogP contribution in [0.1, 0.15) is 34.3 Å². The summed E-state index contributed by atoms with van der Waals surface area (Å²) in [7, 11) is 3.17. The Morgan fingerprint density at radius 1 is 1.00 bits per heavy atom. The van der Waals surface area contributed by atoms with Crippen molar-refractivity contribution in [1.82, 2.24) is 10.2 Å². The van der Waals surface area contributed by atoms with Gasteiger partial charge in [-0.3, -0.25) is 14.9 Å². The first-order chi connectivity index (χ1) is 14.5. The van der Waals surface area contributed by atoms with Crippen LogP contribution in [0.25, 0.3) is 0 Å². The number of rotatable bonds is 8. The molecule has 1 heterocycles. The number of amides is 2. The smallest absolute Gasteiger partial charge is 0.257 e. The van der Waals surface area contributed by atoms with Crippen molar-refractivity contribution in [3.63, 3.8) is 0 Å². The van der Waals surface area contributed by atoms with Crippen LogP contribution in [-0.4, -0.2) is 36.2 Å². The molecule has 0 aliphatic heterocycles. The average Bonchev–Trinajstić information content (AvgIpc) is 3.20. The van der Waals surface area contributed by atoms with Crippen LogP contribution in [0, 0.1) is 0 Å². The maximum Gasteiger partial charge on any atom is 0.257 e. The van der Waals surface area contributed by atoms with Crippen molar-refractivity contribution in [2.24, 2.45) is 0 Å². The van der Waals surface area contributed by atoms with Crippen LogP contribution in [-0.2, 0) is 11.2 Å². The van der Waals surface area contributed by atoms with Crippen molar-refractivity contribution in [2.75, 3.05) is 24.9 Å². The number of carbonyl (C=O) groups is 2. The van der Waals surface area contributed by atoms with Gasteiger partial charge in [0.25, 0.3) is 5.91 Å². The highest BCUT2D eigenvalue weighted by Gasteiger charge is 2.13. The minimum atomic E-state index is -0.323. The van der Waals surface area contributed by atoms with Crippen LogP contribution >= 0.6 is 11.3 Å². The van der Waals surface area contributed by atoms with Gasteiger partial charge >= 0.3 is 0 Å². The molecule has 0 saturated carbocycles. The Labute approximate surface area is 178 Å². The predicted molar refractivity (Wildman–Crippen MR) is 116 cm³/mol. The molecule has 0 bridgehead atoms. The van der Waals surface area contributed by atoms with Gasteiger partial charge in [-0.05, 0) is 35.9 Å². The van der Waals surface area contributed by atoms with Crippen LogP contribution in [0.15, 0.2) is 42.5 Å². The summed E-state index contributed by atoms with van der Waals surface area (Å²) in [5.41, 5.74) is 1.97. The number of nitrogens with zero attached hydrogens (tertiary/aromatic N) is 2. The third-order valence-corrected chi connectivity index (χ3v) is 5.06. The minimum Gasteiger partial charge on any atom is -0.493 e. The number of anilines is 2. The fourth-order valence-corrected chi connectivity index (χ4v) is 3.47. The normalized spacial score (nSPS) is 10.4. The number of carbonyl (C=O) groups excluding carboxylic acids is 2. The van der Waals surface area contributed by atoms with Crippen molar-refractivity contribution in [3.05, 3.63) is 58.6 Å². The second-order valence-corrected chi connectivity index (χ2v) is 7.37. The Hall–Kier alpha value is -3.46. The van der Waals surface area contributed by atoms with E-state index in [2.05, 4.69) is 20.8 Å². The number of methoxy groups -OCH3 is 2. The van der Waals surface area contributed by atoms with Gasteiger partial charge in [-0.2, -0.15) is 0 Å². The molecule has 2 N–H and O–H groups in total. The third-order valence-electron chi connectivity index (χ3n) is 4.22. The molecule has 8 nitrogen and oxygen atoms in total. The number of hydrogen-bond donors (Lipinski definition) is 2. The average molecular weight is 426 g/mol. The zero-order chi connectivity index (χ0) is 21.5. The molecular weight excluding hydrogens is 404 g/mol. The number of ether oxygens (including phenoxy) is 2. The van der Waals surface area contributed by atoms with Crippen molar-refractivity contribution in [1.29, 1.82) is 0 Å². The van der Waals surface area contributed by atoms with E-state index in [4.69, 9.17) is 9.47 Å². The molecule has 0 atom stereocenters. The summed E-state index contributed by atoms with van der Waals surface area (Å²) in [6, 6.07) is 12.4. The molecule has 30 heavy (non-hydrogen) atoms. The van der Waals surface area contributed by atoms with E-state index in [1.54, 1.807) is 45.4 Å². The lowest BCUT2D eigenvalue weighted by Gasteiger charge is -2.08. The molecule has 0 unspecified atom stereocenters. The lowest BCUT2D eigenvalue weighted by Crippen LogP contribution is -2.13. The van der Waals surface area contributed by atoms with Crippen molar-refractivity contribution in [2.45, 2.75) is 19.8 Å². The monoisotopic (exact) mass is 426 g/mol. The Bertz CT molecular complexity index is 1050. The maximum atomic E-state index is 12.5. The summed E-state index contributed by atoms with van der Waals surface area (Å²) in [4.78, 5) is 24.1. The highest BCUT2D eigenvalue weighted by atomic mass is 32.1. The van der Waals surface area contributed by atoms with E-state index in [9.17, 15) is 9.59 Å². The predicted octanol–water partition coefficient (Wildman–Crippen LogP) is 3.75. The molecule has 0 radical (unpaired) electrons. The fourth-order valence-electron chi connectivity index (χ4n) is 2.70. The van der Waals surface area contributed by atoms with Crippen LogP contribution in [0.5, 0.6) is 11.5 Å². The van der Waals surface area contributed by atoms with Gasteiger partial charge in [0.2, 0.25) is 11.0 Å². The van der Waals surface area contributed by atoms with Gasteiger partial charge in [0, 0.05) is 24.1 Å². The lowest BCUT2D eigenvalue weighted by molar-refractivity contribution is -0.115. The van der Waals surface area contributed by atoms with Crippen LogP contribution < -0.4 is 20.1 Å². The molecule has 1 aromatic heterocycles. The molecule has 0 fully saturated rings. The number of hydrogen-bond acceptors (Lipinski definition) is 7. The minimum absolute atomic E-state index is 0.114. The standard InChI is InChI=1S/C21H22N4O4S/c1-4-18(26)22-15-7-5-6-14(12-15)20(27)23-21-25-24-19(30-21)11-13-8-9-16(28-2)17(10-13)29-3/h5-10,12H,4,11H2,1-3H3,(H,22,26)(H,23,25,27). The fraction of sp³-hybridized carbons (Fsp3) is 0.238. The molecule has 156 valence electrons. The van der Waals surface area contributed by atoms with Gasteiger partial charge < -0.3 is 14.8 Å². The number of aromatic nitrogens is 2. The SMILES string of the molecule is CCC(=O)Nc1cccc(C(=O)Nc2nnc(Cc3ccc(OC)c(OC)c3)s2)c1. The molecule has 0 aliphatic rings. The maximum absolute atomic E-state index is 12.5. The molecule has 2 aromatic carbocycles. The molecule has 2 amide bonds. The largest absolute Gasteiger partial charge is 0.493 e. The lowest BCUT2D eigenvalue weighted by atomic mass is 10.1. The van der Waals surface area contributed by atoms with Gasteiger partial charge in [0.1, 0.15) is 5.01 Å². The Morgan fingerprint density at radius 3 is 2.53 bits per heavy atom. The van der Waals surface area contributed by atoms with Gasteiger partial charge in [0.05, 0.1) is 14.2 Å². The molecule has 0 aliphatic carbocycles. The second-order valence-electron chi connectivity index (χ2n) is 6.30. The van der Waals surface area contributed by atoms with E-state index in [1.165, 1.54) is 11.3 Å².